The topological polar surface area (TPSA) is 75.7 Å². The molecule has 31 heavy (non-hydrogen) atoms. The van der Waals surface area contributed by atoms with Gasteiger partial charge >= 0.3 is 0 Å². The van der Waals surface area contributed by atoms with Gasteiger partial charge in [0, 0.05) is 19.0 Å². The van der Waals surface area contributed by atoms with Crippen molar-refractivity contribution in [3.05, 3.63) is 58.6 Å². The van der Waals surface area contributed by atoms with E-state index >= 15 is 0 Å². The summed E-state index contributed by atoms with van der Waals surface area (Å²) in [5, 5.41) is 3.47. The Kier molecular flexibility index (Phi) is 6.55. The molecule has 166 valence electrons. The average Bonchev–Trinajstić information content (AvgIpc) is 2.79. The van der Waals surface area contributed by atoms with Crippen molar-refractivity contribution in [3.63, 3.8) is 0 Å². The van der Waals surface area contributed by atoms with Gasteiger partial charge in [-0.3, -0.25) is 4.79 Å². The zero-order valence-electron chi connectivity index (χ0n) is 17.5. The van der Waals surface area contributed by atoms with Crippen molar-refractivity contribution in [2.24, 2.45) is 5.92 Å². The van der Waals surface area contributed by atoms with Crippen LogP contribution in [0.15, 0.2) is 47.4 Å². The minimum atomic E-state index is -3.66. The van der Waals surface area contributed by atoms with Crippen LogP contribution in [0.25, 0.3) is 0 Å². The van der Waals surface area contributed by atoms with E-state index < -0.39 is 10.0 Å². The Morgan fingerprint density at radius 2 is 1.87 bits per heavy atom. The number of amides is 1. The lowest BCUT2D eigenvalue weighted by atomic mass is 9.87. The van der Waals surface area contributed by atoms with E-state index in [2.05, 4.69) is 17.4 Å². The van der Waals surface area contributed by atoms with Crippen LogP contribution in [0.5, 0.6) is 5.75 Å². The van der Waals surface area contributed by atoms with E-state index in [-0.39, 0.29) is 27.8 Å². The number of rotatable bonds is 5. The summed E-state index contributed by atoms with van der Waals surface area (Å²) in [6.07, 6.45) is 4.05. The summed E-state index contributed by atoms with van der Waals surface area (Å²) in [6, 6.07) is 12.8. The summed E-state index contributed by atoms with van der Waals surface area (Å²) in [7, 11) is -2.18. The van der Waals surface area contributed by atoms with E-state index in [9.17, 15) is 13.2 Å². The maximum absolute atomic E-state index is 13.0. The maximum Gasteiger partial charge on any atom is 0.243 e. The van der Waals surface area contributed by atoms with Crippen LogP contribution in [0.4, 0.5) is 0 Å². The van der Waals surface area contributed by atoms with E-state index in [1.54, 1.807) is 6.07 Å². The van der Waals surface area contributed by atoms with Crippen molar-refractivity contribution in [2.45, 2.75) is 43.0 Å². The molecule has 2 aliphatic rings. The molecule has 1 heterocycles. The molecule has 0 bridgehead atoms. The first-order valence-corrected chi connectivity index (χ1v) is 12.4. The van der Waals surface area contributed by atoms with E-state index in [0.29, 0.717) is 31.7 Å². The Morgan fingerprint density at radius 1 is 1.13 bits per heavy atom. The van der Waals surface area contributed by atoms with E-state index in [4.69, 9.17) is 16.3 Å². The van der Waals surface area contributed by atoms with Crippen LogP contribution in [0.1, 0.15) is 42.9 Å². The van der Waals surface area contributed by atoms with Gasteiger partial charge in [0.2, 0.25) is 15.9 Å². The number of benzene rings is 2. The van der Waals surface area contributed by atoms with Gasteiger partial charge in [0.05, 0.1) is 23.1 Å². The third kappa shape index (κ3) is 4.59. The Balaban J connectivity index is 1.38. The highest BCUT2D eigenvalue weighted by atomic mass is 35.5. The van der Waals surface area contributed by atoms with E-state index in [1.807, 2.05) is 12.1 Å². The minimum Gasteiger partial charge on any atom is -0.495 e. The van der Waals surface area contributed by atoms with Crippen molar-refractivity contribution in [2.75, 3.05) is 20.2 Å². The number of carbonyl (C=O) groups is 1. The van der Waals surface area contributed by atoms with Crippen molar-refractivity contribution in [1.82, 2.24) is 9.62 Å². The Labute approximate surface area is 188 Å². The third-order valence-corrected chi connectivity index (χ3v) is 8.46. The number of hydrogen-bond acceptors (Lipinski definition) is 4. The zero-order valence-corrected chi connectivity index (χ0v) is 19.1. The van der Waals surface area contributed by atoms with Crippen molar-refractivity contribution in [1.29, 1.82) is 0 Å². The number of piperidine rings is 1. The second kappa shape index (κ2) is 9.18. The molecular weight excluding hydrogens is 436 g/mol. The third-order valence-electron chi connectivity index (χ3n) is 6.27. The van der Waals surface area contributed by atoms with Crippen LogP contribution in [0.2, 0.25) is 5.02 Å². The summed E-state index contributed by atoms with van der Waals surface area (Å²) < 4.78 is 32.5. The highest BCUT2D eigenvalue weighted by molar-refractivity contribution is 7.89. The largest absolute Gasteiger partial charge is 0.495 e. The number of aryl methyl sites for hydroxylation is 1. The normalized spacial score (nSPS) is 20.1. The lowest BCUT2D eigenvalue weighted by Crippen LogP contribution is -2.44. The Hall–Kier alpha value is -2.09. The fourth-order valence-electron chi connectivity index (χ4n) is 4.51. The second-order valence-corrected chi connectivity index (χ2v) is 10.5. The fourth-order valence-corrected chi connectivity index (χ4v) is 6.33. The first-order valence-electron chi connectivity index (χ1n) is 10.6. The van der Waals surface area contributed by atoms with Gasteiger partial charge < -0.3 is 10.1 Å². The molecule has 0 unspecified atom stereocenters. The number of fused-ring (bicyclic) bond motifs is 1. The number of nitrogens with one attached hydrogen (secondary N) is 1. The predicted octanol–water partition coefficient (Wildman–Crippen LogP) is 3.94. The quantitative estimate of drug-likeness (QED) is 0.730. The van der Waals surface area contributed by atoms with Crippen LogP contribution in [-0.2, 0) is 21.2 Å². The molecule has 4 rings (SSSR count). The summed E-state index contributed by atoms with van der Waals surface area (Å²) in [4.78, 5) is 13.0. The number of halogens is 1. The summed E-state index contributed by atoms with van der Waals surface area (Å²) >= 11 is 6.11. The molecule has 0 aromatic heterocycles. The number of nitrogens with zero attached hydrogens (tertiary/aromatic N) is 1. The molecule has 0 radical (unpaired) electrons. The molecule has 2 aromatic carbocycles. The number of methoxy groups -OCH3 is 1. The van der Waals surface area contributed by atoms with Gasteiger partial charge in [-0.15, -0.1) is 0 Å². The van der Waals surface area contributed by atoms with Gasteiger partial charge in [0.1, 0.15) is 5.75 Å². The lowest BCUT2D eigenvalue weighted by molar-refractivity contribution is -0.127. The summed E-state index contributed by atoms with van der Waals surface area (Å²) in [5.74, 6) is 0.270. The number of carbonyl (C=O) groups excluding carboxylic acids is 1. The SMILES string of the molecule is COc1ccc(S(=O)(=O)N2CCC(C(=O)N[C@@H]3CCCc4ccccc43)CC2)cc1Cl. The van der Waals surface area contributed by atoms with Gasteiger partial charge in [0.25, 0.3) is 0 Å². The Morgan fingerprint density at radius 3 is 2.58 bits per heavy atom. The molecule has 1 saturated heterocycles. The minimum absolute atomic E-state index is 0.0197. The standard InChI is InChI=1S/C23H27ClN2O4S/c1-30-22-10-9-18(15-20(22)24)31(28,29)26-13-11-17(12-14-26)23(27)25-21-8-4-6-16-5-2-3-7-19(16)21/h2-3,5,7,9-10,15,17,21H,4,6,8,11-14H2,1H3,(H,25,27)/t21-/m1/s1. The first kappa shape index (κ1) is 22.1. The summed E-state index contributed by atoms with van der Waals surface area (Å²) in [6.45, 7) is 0.622. The second-order valence-electron chi connectivity index (χ2n) is 8.13. The molecule has 8 heteroatoms. The molecule has 6 nitrogen and oxygen atoms in total. The van der Waals surface area contributed by atoms with Crippen LogP contribution < -0.4 is 10.1 Å². The lowest BCUT2D eigenvalue weighted by Gasteiger charge is -2.32. The molecule has 1 amide bonds. The van der Waals surface area contributed by atoms with Crippen LogP contribution in [0, 0.1) is 5.92 Å². The predicted molar refractivity (Wildman–Crippen MR) is 120 cm³/mol. The van der Waals surface area contributed by atoms with Gasteiger partial charge in [-0.05, 0) is 61.4 Å². The highest BCUT2D eigenvalue weighted by Crippen LogP contribution is 2.32. The zero-order chi connectivity index (χ0) is 22.0. The molecule has 0 spiro atoms. The Bertz CT molecular complexity index is 1060. The summed E-state index contributed by atoms with van der Waals surface area (Å²) in [5.41, 5.74) is 2.51. The van der Waals surface area contributed by atoms with Crippen molar-refractivity contribution < 1.29 is 17.9 Å². The number of ether oxygens (including phenoxy) is 1. The van der Waals surface area contributed by atoms with Gasteiger partial charge in [-0.2, -0.15) is 4.31 Å². The maximum atomic E-state index is 13.0. The van der Waals surface area contributed by atoms with Gasteiger partial charge in [-0.25, -0.2) is 8.42 Å². The molecule has 1 aliphatic carbocycles. The van der Waals surface area contributed by atoms with Crippen molar-refractivity contribution >= 4 is 27.5 Å². The van der Waals surface area contributed by atoms with Gasteiger partial charge in [-0.1, -0.05) is 35.9 Å². The molecular formula is C23H27ClN2O4S. The van der Waals surface area contributed by atoms with Gasteiger partial charge in [0.15, 0.2) is 0 Å². The van der Waals surface area contributed by atoms with Crippen LogP contribution in [-0.4, -0.2) is 38.8 Å². The molecule has 1 atom stereocenters. The van der Waals surface area contributed by atoms with Crippen molar-refractivity contribution in [3.8, 4) is 5.75 Å². The monoisotopic (exact) mass is 462 g/mol. The average molecular weight is 463 g/mol. The molecule has 1 N–H and O–H groups in total. The van der Waals surface area contributed by atoms with E-state index in [0.717, 1.165) is 19.3 Å². The molecule has 1 fully saturated rings. The molecule has 1 aliphatic heterocycles. The van der Waals surface area contributed by atoms with E-state index in [1.165, 1.54) is 34.7 Å². The molecule has 0 saturated carbocycles. The van der Waals surface area contributed by atoms with Crippen LogP contribution >= 0.6 is 11.6 Å². The highest BCUT2D eigenvalue weighted by Gasteiger charge is 2.33. The molecule has 2 aromatic rings. The number of hydrogen-bond donors (Lipinski definition) is 1. The first-order chi connectivity index (χ1) is 14.9. The number of sulfonamides is 1. The van der Waals surface area contributed by atoms with Crippen LogP contribution in [0.3, 0.4) is 0 Å². The smallest absolute Gasteiger partial charge is 0.243 e. The fraction of sp³-hybridized carbons (Fsp3) is 0.435.